The smallest absolute Gasteiger partial charge is 0.316 e. The molecule has 2 aromatic carbocycles. The van der Waals surface area contributed by atoms with Gasteiger partial charge >= 0.3 is 5.97 Å². The maximum absolute atomic E-state index is 13.1. The Labute approximate surface area is 155 Å². The van der Waals surface area contributed by atoms with Gasteiger partial charge in [-0.05, 0) is 38.1 Å². The minimum atomic E-state index is -0.943. The Morgan fingerprint density at radius 2 is 1.92 bits per heavy atom. The van der Waals surface area contributed by atoms with E-state index < -0.39 is 17.0 Å². The Morgan fingerprint density at radius 3 is 2.62 bits per heavy atom. The summed E-state index contributed by atoms with van der Waals surface area (Å²) in [4.78, 5) is 24.1. The molecule has 7 heteroatoms. The van der Waals surface area contributed by atoms with Gasteiger partial charge in [0.2, 0.25) is 0 Å². The summed E-state index contributed by atoms with van der Waals surface area (Å²) < 4.78 is 18.6. The SMILES string of the molecule is CC(COc1cccc(F)c1)NC(=O)c1ccccc1SC(C)C(=O)O. The molecular weight excluding hydrogens is 357 g/mol. The van der Waals surface area contributed by atoms with Crippen LogP contribution in [0.2, 0.25) is 0 Å². The zero-order valence-electron chi connectivity index (χ0n) is 14.4. The fraction of sp³-hybridized carbons (Fsp3) is 0.263. The van der Waals surface area contributed by atoms with E-state index >= 15 is 0 Å². The Morgan fingerprint density at radius 1 is 1.19 bits per heavy atom. The Hall–Kier alpha value is -2.54. The summed E-state index contributed by atoms with van der Waals surface area (Å²) in [7, 11) is 0. The van der Waals surface area contributed by atoms with E-state index in [-0.39, 0.29) is 18.6 Å². The first kappa shape index (κ1) is 19.8. The Bertz CT molecular complexity index is 784. The van der Waals surface area contributed by atoms with Crippen LogP contribution in [-0.2, 0) is 4.79 Å². The topological polar surface area (TPSA) is 75.6 Å². The van der Waals surface area contributed by atoms with Crippen molar-refractivity contribution in [2.24, 2.45) is 0 Å². The summed E-state index contributed by atoms with van der Waals surface area (Å²) in [6.45, 7) is 3.51. The van der Waals surface area contributed by atoms with Crippen LogP contribution in [0.3, 0.4) is 0 Å². The first-order valence-electron chi connectivity index (χ1n) is 8.04. The third-order valence-electron chi connectivity index (χ3n) is 3.46. The summed E-state index contributed by atoms with van der Waals surface area (Å²) in [6, 6.07) is 12.3. The average molecular weight is 377 g/mol. The van der Waals surface area contributed by atoms with Crippen LogP contribution in [0, 0.1) is 5.82 Å². The highest BCUT2D eigenvalue weighted by Crippen LogP contribution is 2.27. The first-order valence-corrected chi connectivity index (χ1v) is 8.92. The zero-order valence-corrected chi connectivity index (χ0v) is 15.3. The van der Waals surface area contributed by atoms with Gasteiger partial charge in [0.25, 0.3) is 5.91 Å². The van der Waals surface area contributed by atoms with Crippen molar-refractivity contribution in [1.29, 1.82) is 0 Å². The summed E-state index contributed by atoms with van der Waals surface area (Å²) in [6.07, 6.45) is 0. The standard InChI is InChI=1S/C19H20FNO4S/c1-12(11-25-15-7-5-6-14(20)10-15)21-18(22)16-8-3-4-9-17(16)26-13(2)19(23)24/h3-10,12-13H,11H2,1-2H3,(H,21,22)(H,23,24). The van der Waals surface area contributed by atoms with Gasteiger partial charge in [-0.15, -0.1) is 11.8 Å². The summed E-state index contributed by atoms with van der Waals surface area (Å²) in [5.74, 6) is -1.27. The lowest BCUT2D eigenvalue weighted by Gasteiger charge is -2.17. The van der Waals surface area contributed by atoms with E-state index in [4.69, 9.17) is 9.84 Å². The summed E-state index contributed by atoms with van der Waals surface area (Å²) in [5, 5.41) is 11.2. The minimum absolute atomic E-state index is 0.177. The van der Waals surface area contributed by atoms with Gasteiger partial charge in [-0.1, -0.05) is 18.2 Å². The Balaban J connectivity index is 1.97. The predicted molar refractivity (Wildman–Crippen MR) is 98.2 cm³/mol. The number of hydrogen-bond acceptors (Lipinski definition) is 4. The van der Waals surface area contributed by atoms with E-state index in [0.717, 1.165) is 11.8 Å². The van der Waals surface area contributed by atoms with Crippen LogP contribution in [0.25, 0.3) is 0 Å². The molecule has 0 bridgehead atoms. The van der Waals surface area contributed by atoms with Gasteiger partial charge in [0.05, 0.1) is 11.6 Å². The molecule has 2 aromatic rings. The molecule has 0 fully saturated rings. The van der Waals surface area contributed by atoms with Crippen molar-refractivity contribution in [1.82, 2.24) is 5.32 Å². The molecule has 0 aliphatic carbocycles. The van der Waals surface area contributed by atoms with Gasteiger partial charge in [-0.25, -0.2) is 4.39 Å². The average Bonchev–Trinajstić information content (AvgIpc) is 2.60. The molecule has 0 heterocycles. The fourth-order valence-corrected chi connectivity index (χ4v) is 3.05. The summed E-state index contributed by atoms with van der Waals surface area (Å²) in [5.41, 5.74) is 0.406. The lowest BCUT2D eigenvalue weighted by atomic mass is 10.2. The number of carbonyl (C=O) groups is 2. The van der Waals surface area contributed by atoms with E-state index in [1.165, 1.54) is 12.1 Å². The number of amides is 1. The lowest BCUT2D eigenvalue weighted by Crippen LogP contribution is -2.37. The molecule has 0 aliphatic rings. The number of hydrogen-bond donors (Lipinski definition) is 2. The number of aliphatic carboxylic acids is 1. The second-order valence-electron chi connectivity index (χ2n) is 5.74. The zero-order chi connectivity index (χ0) is 19.1. The van der Waals surface area contributed by atoms with Gasteiger partial charge in [-0.2, -0.15) is 0 Å². The molecule has 2 rings (SSSR count). The van der Waals surface area contributed by atoms with Crippen molar-refractivity contribution in [3.8, 4) is 5.75 Å². The van der Waals surface area contributed by atoms with Gasteiger partial charge in [0.1, 0.15) is 23.4 Å². The second kappa shape index (κ2) is 9.24. The number of nitrogens with one attached hydrogen (secondary N) is 1. The van der Waals surface area contributed by atoms with Crippen LogP contribution in [0.1, 0.15) is 24.2 Å². The highest BCUT2D eigenvalue weighted by Gasteiger charge is 2.19. The largest absolute Gasteiger partial charge is 0.491 e. The van der Waals surface area contributed by atoms with Crippen LogP contribution in [0.5, 0.6) is 5.75 Å². The number of thioether (sulfide) groups is 1. The van der Waals surface area contributed by atoms with Gasteiger partial charge in [-0.3, -0.25) is 9.59 Å². The third-order valence-corrected chi connectivity index (χ3v) is 4.62. The van der Waals surface area contributed by atoms with E-state index in [2.05, 4.69) is 5.32 Å². The number of carboxylic acid groups (broad SMARTS) is 1. The maximum atomic E-state index is 13.1. The van der Waals surface area contributed by atoms with Crippen molar-refractivity contribution in [2.75, 3.05) is 6.61 Å². The number of rotatable bonds is 8. The van der Waals surface area contributed by atoms with Gasteiger partial charge < -0.3 is 15.2 Å². The van der Waals surface area contributed by atoms with Gasteiger partial charge in [0, 0.05) is 11.0 Å². The van der Waals surface area contributed by atoms with Crippen molar-refractivity contribution in [3.63, 3.8) is 0 Å². The quantitative estimate of drug-likeness (QED) is 0.688. The molecule has 2 N–H and O–H groups in total. The second-order valence-corrected chi connectivity index (χ2v) is 7.12. The fourth-order valence-electron chi connectivity index (χ4n) is 2.12. The molecule has 1 amide bonds. The molecule has 138 valence electrons. The highest BCUT2D eigenvalue weighted by molar-refractivity contribution is 8.00. The molecular formula is C19H20FNO4S. The molecule has 0 saturated heterocycles. The molecule has 0 aromatic heterocycles. The first-order chi connectivity index (χ1) is 12.4. The number of carbonyl (C=O) groups excluding carboxylic acids is 1. The Kier molecular flexibility index (Phi) is 7.03. The van der Waals surface area contributed by atoms with Crippen LogP contribution in [0.15, 0.2) is 53.4 Å². The van der Waals surface area contributed by atoms with Crippen LogP contribution >= 0.6 is 11.8 Å². The van der Waals surface area contributed by atoms with Crippen molar-refractivity contribution in [2.45, 2.75) is 30.0 Å². The summed E-state index contributed by atoms with van der Waals surface area (Å²) >= 11 is 1.11. The molecule has 0 radical (unpaired) electrons. The predicted octanol–water partition coefficient (Wildman–Crippen LogP) is 3.59. The van der Waals surface area contributed by atoms with Crippen molar-refractivity contribution < 1.29 is 23.8 Å². The van der Waals surface area contributed by atoms with E-state index in [9.17, 15) is 14.0 Å². The van der Waals surface area contributed by atoms with Gasteiger partial charge in [0.15, 0.2) is 0 Å². The van der Waals surface area contributed by atoms with Crippen molar-refractivity contribution >= 4 is 23.6 Å². The molecule has 5 nitrogen and oxygen atoms in total. The third kappa shape index (κ3) is 5.77. The number of halogens is 1. The minimum Gasteiger partial charge on any atom is -0.491 e. The van der Waals surface area contributed by atoms with E-state index in [1.54, 1.807) is 50.2 Å². The monoisotopic (exact) mass is 377 g/mol. The lowest BCUT2D eigenvalue weighted by molar-refractivity contribution is -0.136. The maximum Gasteiger partial charge on any atom is 0.316 e. The van der Waals surface area contributed by atoms with Crippen LogP contribution < -0.4 is 10.1 Å². The molecule has 0 spiro atoms. The number of ether oxygens (including phenoxy) is 1. The van der Waals surface area contributed by atoms with Crippen LogP contribution in [0.4, 0.5) is 4.39 Å². The van der Waals surface area contributed by atoms with E-state index in [0.29, 0.717) is 16.2 Å². The highest BCUT2D eigenvalue weighted by atomic mass is 32.2. The molecule has 0 saturated carbocycles. The number of carboxylic acids is 1. The number of benzene rings is 2. The molecule has 26 heavy (non-hydrogen) atoms. The van der Waals surface area contributed by atoms with Crippen molar-refractivity contribution in [3.05, 3.63) is 59.9 Å². The van der Waals surface area contributed by atoms with E-state index in [1.807, 2.05) is 0 Å². The molecule has 0 aliphatic heterocycles. The van der Waals surface area contributed by atoms with Crippen LogP contribution in [-0.4, -0.2) is 34.9 Å². The molecule has 2 unspecified atom stereocenters. The molecule has 2 atom stereocenters. The normalized spacial score (nSPS) is 12.9.